The summed E-state index contributed by atoms with van der Waals surface area (Å²) < 4.78 is 12.0. The third kappa shape index (κ3) is 14.5. The van der Waals surface area contributed by atoms with E-state index in [4.69, 9.17) is 9.47 Å². The first-order valence-corrected chi connectivity index (χ1v) is 18.9. The minimum absolute atomic E-state index is 0.396. The lowest BCUT2D eigenvalue weighted by Crippen LogP contribution is -2.37. The van der Waals surface area contributed by atoms with E-state index in [1.54, 1.807) is 0 Å². The van der Waals surface area contributed by atoms with Crippen molar-refractivity contribution in [2.45, 2.75) is 132 Å². The molecule has 3 rings (SSSR count). The topological polar surface area (TPSA) is 24.9 Å². The van der Waals surface area contributed by atoms with Crippen LogP contribution in [0.25, 0.3) is 0 Å². The zero-order valence-electron chi connectivity index (χ0n) is 30.4. The number of para-hydroxylation sites is 1. The van der Waals surface area contributed by atoms with Crippen molar-refractivity contribution in [1.29, 1.82) is 0 Å². The molecule has 1 aliphatic heterocycles. The second-order valence-corrected chi connectivity index (χ2v) is 12.0. The third-order valence-electron chi connectivity index (χ3n) is 8.52. The van der Waals surface area contributed by atoms with Gasteiger partial charge in [-0.2, -0.15) is 0 Å². The number of likely N-dealkylation sites (tertiary alicyclic amines) is 1. The van der Waals surface area contributed by atoms with Gasteiger partial charge in [-0.3, -0.25) is 4.90 Å². The van der Waals surface area contributed by atoms with E-state index in [9.17, 15) is 0 Å². The molecule has 1 saturated heterocycles. The predicted octanol–water partition coefficient (Wildman–Crippen LogP) is 11.1. The number of rotatable bonds is 20. The number of aryl methyl sites for hydroxylation is 2. The van der Waals surface area contributed by atoms with Gasteiger partial charge in [0.15, 0.2) is 0 Å². The Morgan fingerprint density at radius 1 is 0.911 bits per heavy atom. The Labute approximate surface area is 284 Å². The molecular weight excluding hydrogens is 573 g/mol. The van der Waals surface area contributed by atoms with Crippen LogP contribution >= 0.6 is 12.6 Å². The van der Waals surface area contributed by atoms with Crippen LogP contribution in [0.5, 0.6) is 11.5 Å². The quantitative estimate of drug-likeness (QED) is 0.0884. The molecule has 0 spiro atoms. The minimum Gasteiger partial charge on any atom is -0.493 e. The van der Waals surface area contributed by atoms with E-state index in [0.717, 1.165) is 76.4 Å². The maximum atomic E-state index is 6.30. The van der Waals surface area contributed by atoms with E-state index in [1.165, 1.54) is 54.5 Å². The molecule has 0 aliphatic carbocycles. The Hall–Kier alpha value is -2.11. The van der Waals surface area contributed by atoms with E-state index < -0.39 is 0 Å². The van der Waals surface area contributed by atoms with Gasteiger partial charge in [0.2, 0.25) is 0 Å². The molecule has 1 heterocycles. The van der Waals surface area contributed by atoms with E-state index in [0.29, 0.717) is 17.9 Å². The van der Waals surface area contributed by atoms with E-state index in [2.05, 4.69) is 93.1 Å². The smallest absolute Gasteiger partial charge is 0.131 e. The first kappa shape index (κ1) is 40.9. The molecule has 0 bridgehead atoms. The molecule has 45 heavy (non-hydrogen) atoms. The standard InChI is InChI=1S/C36H56N2O2S.2C2H6/c1-6-9-12-22-37(21-10-7-2)30(5)26-38-27-33(32-17-14-18-35(25-32)40-28-41)24-34(38)20-19-31-16-13-15-29(4)36(31)39-23-11-8-3;2*1-2/h13-18,25,33-34,41H,5-12,19-24,26-28H2,1-4H3;2*1-2H3. The van der Waals surface area contributed by atoms with Crippen molar-refractivity contribution in [3.05, 3.63) is 71.4 Å². The van der Waals surface area contributed by atoms with Gasteiger partial charge in [-0.15, -0.1) is 12.6 Å². The summed E-state index contributed by atoms with van der Waals surface area (Å²) in [5, 5.41) is 0. The van der Waals surface area contributed by atoms with E-state index in [-0.39, 0.29) is 0 Å². The second kappa shape index (κ2) is 25.0. The van der Waals surface area contributed by atoms with Crippen molar-refractivity contribution in [3.63, 3.8) is 0 Å². The largest absolute Gasteiger partial charge is 0.493 e. The van der Waals surface area contributed by atoms with Gasteiger partial charge >= 0.3 is 0 Å². The summed E-state index contributed by atoms with van der Waals surface area (Å²) in [6, 6.07) is 15.8. The van der Waals surface area contributed by atoms with Crippen molar-refractivity contribution in [2.24, 2.45) is 0 Å². The van der Waals surface area contributed by atoms with Gasteiger partial charge in [-0.05, 0) is 80.2 Å². The molecule has 0 saturated carbocycles. The molecule has 0 aromatic heterocycles. The molecule has 2 aromatic rings. The highest BCUT2D eigenvalue weighted by Gasteiger charge is 2.33. The van der Waals surface area contributed by atoms with Crippen LogP contribution in [0.1, 0.15) is 129 Å². The Bertz CT molecular complexity index is 1040. The molecular formula is C40H68N2O2S. The molecule has 1 fully saturated rings. The molecule has 0 radical (unpaired) electrons. The number of hydrogen-bond acceptors (Lipinski definition) is 5. The summed E-state index contributed by atoms with van der Waals surface area (Å²) in [5.74, 6) is 2.89. The van der Waals surface area contributed by atoms with Gasteiger partial charge in [0.05, 0.1) is 6.61 Å². The van der Waals surface area contributed by atoms with Crippen molar-refractivity contribution in [1.82, 2.24) is 9.80 Å². The molecule has 5 heteroatoms. The van der Waals surface area contributed by atoms with Crippen LogP contribution in [0.4, 0.5) is 0 Å². The summed E-state index contributed by atoms with van der Waals surface area (Å²) in [7, 11) is 0. The Kier molecular flexibility index (Phi) is 22.8. The van der Waals surface area contributed by atoms with E-state index >= 15 is 0 Å². The Balaban J connectivity index is 0.00000243. The fourth-order valence-corrected chi connectivity index (χ4v) is 6.22. The SMILES string of the molecule is C=C(CN1CC(c2cccc(OCS)c2)CC1CCc1cccc(C)c1OCCCC)N(CCCC)CCCCC.CC.CC. The average molecular weight is 641 g/mol. The van der Waals surface area contributed by atoms with Gasteiger partial charge in [-0.25, -0.2) is 0 Å². The fraction of sp³-hybridized carbons (Fsp3) is 0.650. The number of thiol groups is 1. The molecule has 0 N–H and O–H groups in total. The fourth-order valence-electron chi connectivity index (χ4n) is 6.07. The highest BCUT2D eigenvalue weighted by molar-refractivity contribution is 7.80. The maximum Gasteiger partial charge on any atom is 0.131 e. The first-order valence-electron chi connectivity index (χ1n) is 18.2. The van der Waals surface area contributed by atoms with E-state index in [1.807, 2.05) is 33.8 Å². The molecule has 2 unspecified atom stereocenters. The number of benzene rings is 2. The second-order valence-electron chi connectivity index (χ2n) is 11.8. The van der Waals surface area contributed by atoms with Crippen LogP contribution in [0, 0.1) is 6.92 Å². The number of hydrogen-bond donors (Lipinski definition) is 1. The molecule has 1 aliphatic rings. The zero-order valence-corrected chi connectivity index (χ0v) is 31.3. The predicted molar refractivity (Wildman–Crippen MR) is 201 cm³/mol. The van der Waals surface area contributed by atoms with Crippen LogP contribution in [-0.4, -0.2) is 54.6 Å². The Morgan fingerprint density at radius 3 is 2.29 bits per heavy atom. The van der Waals surface area contributed by atoms with Gasteiger partial charge < -0.3 is 14.4 Å². The minimum atomic E-state index is 0.396. The van der Waals surface area contributed by atoms with Gasteiger partial charge in [0.25, 0.3) is 0 Å². The van der Waals surface area contributed by atoms with Crippen LogP contribution in [0.15, 0.2) is 54.7 Å². The van der Waals surface area contributed by atoms with Crippen molar-refractivity contribution >= 4 is 12.6 Å². The summed E-state index contributed by atoms with van der Waals surface area (Å²) in [6.07, 6.45) is 11.8. The maximum absolute atomic E-state index is 6.30. The highest BCUT2D eigenvalue weighted by atomic mass is 32.1. The lowest BCUT2D eigenvalue weighted by Gasteiger charge is -2.32. The summed E-state index contributed by atoms with van der Waals surface area (Å²) in [4.78, 5) is 5.29. The number of nitrogens with zero attached hydrogens (tertiary/aromatic N) is 2. The van der Waals surface area contributed by atoms with Crippen LogP contribution in [-0.2, 0) is 6.42 Å². The average Bonchev–Trinajstić information content (AvgIpc) is 3.47. The van der Waals surface area contributed by atoms with Crippen LogP contribution in [0.2, 0.25) is 0 Å². The lowest BCUT2D eigenvalue weighted by atomic mass is 9.93. The van der Waals surface area contributed by atoms with Crippen LogP contribution < -0.4 is 9.47 Å². The summed E-state index contributed by atoms with van der Waals surface area (Å²) >= 11 is 4.27. The third-order valence-corrected chi connectivity index (χ3v) is 8.65. The number of unbranched alkanes of at least 4 members (excludes halogenated alkanes) is 4. The van der Waals surface area contributed by atoms with Gasteiger partial charge in [0, 0.05) is 37.9 Å². The zero-order chi connectivity index (χ0) is 33.5. The molecule has 2 aromatic carbocycles. The Morgan fingerprint density at radius 2 is 1.60 bits per heavy atom. The normalized spacial score (nSPS) is 15.8. The van der Waals surface area contributed by atoms with Crippen molar-refractivity contribution in [3.8, 4) is 11.5 Å². The first-order chi connectivity index (χ1) is 22.0. The van der Waals surface area contributed by atoms with Crippen molar-refractivity contribution in [2.75, 3.05) is 38.7 Å². The monoisotopic (exact) mass is 641 g/mol. The van der Waals surface area contributed by atoms with Crippen LogP contribution in [0.3, 0.4) is 0 Å². The highest BCUT2D eigenvalue weighted by Crippen LogP contribution is 2.36. The summed E-state index contributed by atoms with van der Waals surface area (Å²) in [5.41, 5.74) is 5.24. The number of ether oxygens (including phenoxy) is 2. The molecule has 256 valence electrons. The molecule has 2 atom stereocenters. The summed E-state index contributed by atoms with van der Waals surface area (Å²) in [6.45, 7) is 26.6. The van der Waals surface area contributed by atoms with Gasteiger partial charge in [0.1, 0.15) is 17.4 Å². The lowest BCUT2D eigenvalue weighted by molar-refractivity contribution is 0.223. The molecule has 4 nitrogen and oxygen atoms in total. The molecule has 0 amide bonds. The van der Waals surface area contributed by atoms with Crippen molar-refractivity contribution < 1.29 is 9.47 Å². The van der Waals surface area contributed by atoms with Gasteiger partial charge in [-0.1, -0.05) is 111 Å².